The van der Waals surface area contributed by atoms with Gasteiger partial charge in [-0.15, -0.1) is 0 Å². The first-order valence-electron chi connectivity index (χ1n) is 8.21. The van der Waals surface area contributed by atoms with Crippen molar-refractivity contribution in [1.82, 2.24) is 0 Å². The number of phenolic OH excluding ortho intramolecular Hbond substituents is 1. The van der Waals surface area contributed by atoms with E-state index in [4.69, 9.17) is 11.6 Å². The third-order valence-electron chi connectivity index (χ3n) is 4.23. The van der Waals surface area contributed by atoms with Crippen molar-refractivity contribution in [3.05, 3.63) is 101 Å². The molecule has 3 rings (SSSR count). The molecule has 0 aromatic heterocycles. The number of carbonyl (C=O) groups is 2. The molecule has 0 amide bonds. The second-order valence-corrected chi connectivity index (χ2v) is 6.45. The summed E-state index contributed by atoms with van der Waals surface area (Å²) in [6.07, 6.45) is 0.0518. The van der Waals surface area contributed by atoms with Gasteiger partial charge in [0.05, 0.1) is 5.92 Å². The van der Waals surface area contributed by atoms with E-state index in [0.717, 1.165) is 5.56 Å². The van der Waals surface area contributed by atoms with Crippen molar-refractivity contribution >= 4 is 23.2 Å². The SMILES string of the molecule is O=C(CC(C(=O)c1ccc(Cl)cc1)c1ccccc1)c1ccc(O)cc1. The summed E-state index contributed by atoms with van der Waals surface area (Å²) in [7, 11) is 0. The van der Waals surface area contributed by atoms with E-state index in [1.54, 1.807) is 36.4 Å². The van der Waals surface area contributed by atoms with Gasteiger partial charge >= 0.3 is 0 Å². The molecule has 1 N–H and O–H groups in total. The first-order chi connectivity index (χ1) is 12.5. The van der Waals surface area contributed by atoms with E-state index >= 15 is 0 Å². The van der Waals surface area contributed by atoms with Crippen LogP contribution in [0, 0.1) is 0 Å². The first kappa shape index (κ1) is 17.9. The van der Waals surface area contributed by atoms with Gasteiger partial charge in [0.15, 0.2) is 11.6 Å². The third-order valence-corrected chi connectivity index (χ3v) is 4.48. The molecule has 26 heavy (non-hydrogen) atoms. The summed E-state index contributed by atoms with van der Waals surface area (Å²) in [5, 5.41) is 9.94. The molecule has 1 atom stereocenters. The summed E-state index contributed by atoms with van der Waals surface area (Å²) in [5.74, 6) is -0.766. The number of carbonyl (C=O) groups excluding carboxylic acids is 2. The summed E-state index contributed by atoms with van der Waals surface area (Å²) < 4.78 is 0. The van der Waals surface area contributed by atoms with Crippen molar-refractivity contribution in [3.63, 3.8) is 0 Å². The van der Waals surface area contributed by atoms with Gasteiger partial charge in [-0.3, -0.25) is 9.59 Å². The van der Waals surface area contributed by atoms with Crippen molar-refractivity contribution in [2.75, 3.05) is 0 Å². The maximum Gasteiger partial charge on any atom is 0.170 e. The molecule has 0 aliphatic heterocycles. The maximum absolute atomic E-state index is 13.0. The van der Waals surface area contributed by atoms with E-state index in [-0.39, 0.29) is 23.7 Å². The summed E-state index contributed by atoms with van der Waals surface area (Å²) in [6, 6.07) is 22.0. The Kier molecular flexibility index (Phi) is 5.49. The van der Waals surface area contributed by atoms with Gasteiger partial charge in [-0.2, -0.15) is 0 Å². The van der Waals surface area contributed by atoms with Gasteiger partial charge in [0.2, 0.25) is 0 Å². The highest BCUT2D eigenvalue weighted by Crippen LogP contribution is 2.27. The molecule has 3 aromatic carbocycles. The highest BCUT2D eigenvalue weighted by Gasteiger charge is 2.25. The third kappa shape index (κ3) is 4.19. The number of phenols is 1. The lowest BCUT2D eigenvalue weighted by Gasteiger charge is -2.16. The van der Waals surface area contributed by atoms with Gasteiger partial charge < -0.3 is 5.11 Å². The zero-order valence-corrected chi connectivity index (χ0v) is 14.7. The molecule has 3 nitrogen and oxygen atoms in total. The highest BCUT2D eigenvalue weighted by molar-refractivity contribution is 6.30. The summed E-state index contributed by atoms with van der Waals surface area (Å²) in [6.45, 7) is 0. The number of hydrogen-bond acceptors (Lipinski definition) is 3. The first-order valence-corrected chi connectivity index (χ1v) is 8.59. The lowest BCUT2D eigenvalue weighted by molar-refractivity contribution is 0.0893. The summed E-state index contributed by atoms with van der Waals surface area (Å²) >= 11 is 5.90. The number of benzene rings is 3. The van der Waals surface area contributed by atoms with Crippen LogP contribution in [-0.2, 0) is 0 Å². The molecule has 1 unspecified atom stereocenters. The Bertz CT molecular complexity index is 900. The largest absolute Gasteiger partial charge is 0.508 e. The number of ketones is 2. The van der Waals surface area contributed by atoms with Crippen LogP contribution in [-0.4, -0.2) is 16.7 Å². The van der Waals surface area contributed by atoms with E-state index in [0.29, 0.717) is 16.1 Å². The van der Waals surface area contributed by atoms with E-state index in [1.165, 1.54) is 12.1 Å². The number of aromatic hydroxyl groups is 1. The van der Waals surface area contributed by atoms with Crippen molar-refractivity contribution in [2.45, 2.75) is 12.3 Å². The topological polar surface area (TPSA) is 54.4 Å². The molecule has 0 heterocycles. The fourth-order valence-electron chi connectivity index (χ4n) is 2.81. The lowest BCUT2D eigenvalue weighted by atomic mass is 9.85. The second-order valence-electron chi connectivity index (χ2n) is 6.01. The van der Waals surface area contributed by atoms with E-state index in [1.807, 2.05) is 30.3 Å². The molecule has 0 aliphatic carbocycles. The Labute approximate surface area is 156 Å². The van der Waals surface area contributed by atoms with Crippen LogP contribution in [0.5, 0.6) is 5.75 Å². The zero-order chi connectivity index (χ0) is 18.5. The molecular weight excluding hydrogens is 348 g/mol. The van der Waals surface area contributed by atoms with Gasteiger partial charge in [0.25, 0.3) is 0 Å². The Morgan fingerprint density at radius 2 is 1.38 bits per heavy atom. The smallest absolute Gasteiger partial charge is 0.170 e. The minimum atomic E-state index is -0.585. The minimum absolute atomic E-state index is 0.0518. The average Bonchev–Trinajstić information content (AvgIpc) is 2.67. The molecule has 0 radical (unpaired) electrons. The predicted octanol–water partition coefficient (Wildman–Crippen LogP) is 5.29. The fraction of sp³-hybridized carbons (Fsp3) is 0.0909. The Balaban J connectivity index is 1.91. The van der Waals surface area contributed by atoms with Gasteiger partial charge in [-0.25, -0.2) is 0 Å². The van der Waals surface area contributed by atoms with Crippen LogP contribution >= 0.6 is 11.6 Å². The minimum Gasteiger partial charge on any atom is -0.508 e. The average molecular weight is 365 g/mol. The molecule has 3 aromatic rings. The van der Waals surface area contributed by atoms with Crippen LogP contribution in [0.15, 0.2) is 78.9 Å². The number of Topliss-reactive ketones (excluding diaryl/α,β-unsaturated/α-hetero) is 2. The van der Waals surface area contributed by atoms with Gasteiger partial charge in [-0.1, -0.05) is 41.9 Å². The standard InChI is InChI=1S/C22H17ClO3/c23-18-10-6-17(7-11-18)22(26)20(15-4-2-1-3-5-15)14-21(25)16-8-12-19(24)13-9-16/h1-13,20,24H,14H2. The van der Waals surface area contributed by atoms with Crippen molar-refractivity contribution in [1.29, 1.82) is 0 Å². The lowest BCUT2D eigenvalue weighted by Crippen LogP contribution is -2.17. The normalized spacial score (nSPS) is 11.7. The Hall–Kier alpha value is -2.91. The quantitative estimate of drug-likeness (QED) is 0.605. The van der Waals surface area contributed by atoms with E-state index in [9.17, 15) is 14.7 Å². The summed E-state index contributed by atoms with van der Waals surface area (Å²) in [4.78, 5) is 25.7. The molecule has 4 heteroatoms. The molecule has 0 saturated heterocycles. The summed E-state index contributed by atoms with van der Waals surface area (Å²) in [5.41, 5.74) is 1.77. The molecular formula is C22H17ClO3. The van der Waals surface area contributed by atoms with Crippen molar-refractivity contribution in [3.8, 4) is 5.75 Å². The molecule has 0 spiro atoms. The molecule has 0 aliphatic rings. The van der Waals surface area contributed by atoms with Crippen LogP contribution in [0.2, 0.25) is 5.02 Å². The molecule has 0 fully saturated rings. The van der Waals surface area contributed by atoms with Crippen molar-refractivity contribution < 1.29 is 14.7 Å². The van der Waals surface area contributed by atoms with Gasteiger partial charge in [-0.05, 0) is 54.1 Å². The van der Waals surface area contributed by atoms with Crippen LogP contribution in [0.1, 0.15) is 38.6 Å². The number of rotatable bonds is 6. The van der Waals surface area contributed by atoms with Crippen LogP contribution in [0.3, 0.4) is 0 Å². The Morgan fingerprint density at radius 1 is 0.808 bits per heavy atom. The Morgan fingerprint density at radius 3 is 2.00 bits per heavy atom. The predicted molar refractivity (Wildman–Crippen MR) is 102 cm³/mol. The van der Waals surface area contributed by atoms with E-state index < -0.39 is 5.92 Å². The zero-order valence-electron chi connectivity index (χ0n) is 13.9. The van der Waals surface area contributed by atoms with Crippen LogP contribution < -0.4 is 0 Å². The van der Waals surface area contributed by atoms with Gasteiger partial charge in [0.1, 0.15) is 5.75 Å². The number of halogens is 1. The fourth-order valence-corrected chi connectivity index (χ4v) is 2.94. The monoisotopic (exact) mass is 364 g/mol. The molecule has 130 valence electrons. The molecule has 0 saturated carbocycles. The number of hydrogen-bond donors (Lipinski definition) is 1. The maximum atomic E-state index is 13.0. The van der Waals surface area contributed by atoms with Crippen LogP contribution in [0.4, 0.5) is 0 Å². The van der Waals surface area contributed by atoms with Crippen LogP contribution in [0.25, 0.3) is 0 Å². The highest BCUT2D eigenvalue weighted by atomic mass is 35.5. The van der Waals surface area contributed by atoms with Gasteiger partial charge in [0, 0.05) is 22.6 Å². The van der Waals surface area contributed by atoms with Crippen molar-refractivity contribution in [2.24, 2.45) is 0 Å². The molecule has 0 bridgehead atoms. The second kappa shape index (κ2) is 7.98. The van der Waals surface area contributed by atoms with E-state index in [2.05, 4.69) is 0 Å².